The van der Waals surface area contributed by atoms with E-state index in [0.717, 1.165) is 11.5 Å². The Bertz CT molecular complexity index is 179. The van der Waals surface area contributed by atoms with Gasteiger partial charge in [0, 0.05) is 0 Å². The third-order valence-corrected chi connectivity index (χ3v) is 11.1. The highest BCUT2D eigenvalue weighted by Crippen LogP contribution is 2.24. The van der Waals surface area contributed by atoms with Crippen LogP contribution in [-0.2, 0) is 4.12 Å². The lowest BCUT2D eigenvalue weighted by molar-refractivity contribution is 0.529. The summed E-state index contributed by atoms with van der Waals surface area (Å²) in [4.78, 5) is 0. The van der Waals surface area contributed by atoms with Crippen molar-refractivity contribution in [3.63, 3.8) is 0 Å². The topological polar surface area (TPSA) is 9.23 Å². The SMILES string of the molecule is C[Si](C)(CCCCS)O[Si](C)(C)CCCCS. The molecule has 0 aliphatic heterocycles. The Kier molecular flexibility index (Phi) is 9.65. The maximum absolute atomic E-state index is 6.55. The number of unbranched alkanes of at least 4 members (excludes halogenated alkanes) is 2. The summed E-state index contributed by atoms with van der Waals surface area (Å²) in [5.41, 5.74) is 0. The van der Waals surface area contributed by atoms with Crippen LogP contribution in [0.15, 0.2) is 0 Å². The Labute approximate surface area is 121 Å². The summed E-state index contributed by atoms with van der Waals surface area (Å²) in [5, 5.41) is 0. The van der Waals surface area contributed by atoms with E-state index < -0.39 is 16.6 Å². The van der Waals surface area contributed by atoms with Crippen LogP contribution in [0.4, 0.5) is 0 Å². The summed E-state index contributed by atoms with van der Waals surface area (Å²) in [6.45, 7) is 9.50. The van der Waals surface area contributed by atoms with Crippen molar-refractivity contribution in [2.75, 3.05) is 11.5 Å². The number of rotatable bonds is 10. The maximum Gasteiger partial charge on any atom is 0.173 e. The van der Waals surface area contributed by atoms with Crippen LogP contribution in [-0.4, -0.2) is 28.1 Å². The summed E-state index contributed by atoms with van der Waals surface area (Å²) in [7, 11) is -2.85. The minimum atomic E-state index is -1.43. The Hall–Kier alpha value is 1.09. The first-order valence-corrected chi connectivity index (χ1v) is 14.2. The lowest BCUT2D eigenvalue weighted by Gasteiger charge is -2.34. The standard InChI is InChI=1S/C12H30OS2Si2/c1-16(2,11-7-5-9-14)13-17(3,4)12-8-6-10-15/h14-15H,5-12H2,1-4H3. The lowest BCUT2D eigenvalue weighted by Crippen LogP contribution is -2.44. The second-order valence-corrected chi connectivity index (χ2v) is 15.7. The number of hydrogen-bond donors (Lipinski definition) is 2. The third-order valence-electron chi connectivity index (χ3n) is 2.93. The quantitative estimate of drug-likeness (QED) is 0.334. The van der Waals surface area contributed by atoms with Gasteiger partial charge in [0.2, 0.25) is 0 Å². The molecule has 0 fully saturated rings. The molecule has 0 radical (unpaired) electrons. The number of thiol groups is 2. The highest BCUT2D eigenvalue weighted by atomic mass is 32.1. The van der Waals surface area contributed by atoms with Gasteiger partial charge in [-0.15, -0.1) is 0 Å². The molecule has 0 spiro atoms. The molecule has 0 rings (SSSR count). The van der Waals surface area contributed by atoms with Gasteiger partial charge in [0.15, 0.2) is 16.6 Å². The predicted octanol–water partition coefficient (Wildman–Crippen LogP) is 4.83. The van der Waals surface area contributed by atoms with E-state index in [2.05, 4.69) is 51.4 Å². The highest BCUT2D eigenvalue weighted by Gasteiger charge is 2.31. The number of hydrogen-bond acceptors (Lipinski definition) is 3. The van der Waals surface area contributed by atoms with Gasteiger partial charge in [-0.2, -0.15) is 25.3 Å². The van der Waals surface area contributed by atoms with Crippen LogP contribution in [0.1, 0.15) is 25.7 Å². The van der Waals surface area contributed by atoms with E-state index in [4.69, 9.17) is 4.12 Å². The molecular weight excluding hydrogens is 280 g/mol. The van der Waals surface area contributed by atoms with Gasteiger partial charge in [0.1, 0.15) is 0 Å². The molecule has 0 aliphatic carbocycles. The van der Waals surface area contributed by atoms with Gasteiger partial charge in [-0.3, -0.25) is 0 Å². The van der Waals surface area contributed by atoms with Gasteiger partial charge in [-0.1, -0.05) is 12.8 Å². The Balaban J connectivity index is 3.99. The van der Waals surface area contributed by atoms with Crippen LogP contribution in [0.25, 0.3) is 0 Å². The zero-order chi connectivity index (χ0) is 13.4. The summed E-state index contributed by atoms with van der Waals surface area (Å²) >= 11 is 8.54. The van der Waals surface area contributed by atoms with E-state index >= 15 is 0 Å². The average Bonchev–Trinajstić information content (AvgIpc) is 2.16. The predicted molar refractivity (Wildman–Crippen MR) is 91.8 cm³/mol. The first-order valence-electron chi connectivity index (χ1n) is 6.75. The Morgan fingerprint density at radius 1 is 0.706 bits per heavy atom. The van der Waals surface area contributed by atoms with E-state index in [0.29, 0.717) is 0 Å². The molecule has 0 atom stereocenters. The molecular formula is C12H30OS2Si2. The van der Waals surface area contributed by atoms with E-state index in [1.165, 1.54) is 37.8 Å². The molecule has 0 heterocycles. The minimum absolute atomic E-state index is 1.01. The van der Waals surface area contributed by atoms with Crippen molar-refractivity contribution >= 4 is 41.9 Å². The van der Waals surface area contributed by atoms with Crippen molar-refractivity contribution in [3.8, 4) is 0 Å². The van der Waals surface area contributed by atoms with E-state index in [9.17, 15) is 0 Å². The lowest BCUT2D eigenvalue weighted by atomic mass is 10.4. The molecule has 104 valence electrons. The fraction of sp³-hybridized carbons (Fsp3) is 1.00. The molecule has 0 saturated carbocycles. The van der Waals surface area contributed by atoms with E-state index in [-0.39, 0.29) is 0 Å². The molecule has 1 nitrogen and oxygen atoms in total. The van der Waals surface area contributed by atoms with Crippen LogP contribution < -0.4 is 0 Å². The van der Waals surface area contributed by atoms with E-state index in [1.807, 2.05) is 0 Å². The third kappa shape index (κ3) is 10.7. The van der Waals surface area contributed by atoms with Crippen LogP contribution in [0, 0.1) is 0 Å². The molecule has 0 bridgehead atoms. The molecule has 17 heavy (non-hydrogen) atoms. The van der Waals surface area contributed by atoms with Crippen LogP contribution in [0.2, 0.25) is 38.3 Å². The minimum Gasteiger partial charge on any atom is -0.455 e. The monoisotopic (exact) mass is 310 g/mol. The van der Waals surface area contributed by atoms with Crippen LogP contribution >= 0.6 is 25.3 Å². The van der Waals surface area contributed by atoms with Crippen LogP contribution in [0.3, 0.4) is 0 Å². The van der Waals surface area contributed by atoms with Gasteiger partial charge in [-0.25, -0.2) is 0 Å². The summed E-state index contributed by atoms with van der Waals surface area (Å²) in [5.74, 6) is 2.01. The largest absolute Gasteiger partial charge is 0.455 e. The molecule has 5 heteroatoms. The van der Waals surface area contributed by atoms with Gasteiger partial charge in [0.25, 0.3) is 0 Å². The molecule has 0 N–H and O–H groups in total. The van der Waals surface area contributed by atoms with Crippen LogP contribution in [0.5, 0.6) is 0 Å². The molecule has 0 aromatic heterocycles. The summed E-state index contributed by atoms with van der Waals surface area (Å²) < 4.78 is 6.55. The van der Waals surface area contributed by atoms with Crippen molar-refractivity contribution in [3.05, 3.63) is 0 Å². The molecule has 0 aliphatic rings. The first kappa shape index (κ1) is 18.1. The van der Waals surface area contributed by atoms with Gasteiger partial charge >= 0.3 is 0 Å². The maximum atomic E-state index is 6.55. The Morgan fingerprint density at radius 3 is 1.35 bits per heavy atom. The fourth-order valence-corrected chi connectivity index (χ4v) is 11.6. The average molecular weight is 311 g/mol. The van der Waals surface area contributed by atoms with Gasteiger partial charge < -0.3 is 4.12 Å². The smallest absolute Gasteiger partial charge is 0.173 e. The molecule has 0 saturated heterocycles. The Morgan fingerprint density at radius 2 is 1.06 bits per heavy atom. The van der Waals surface area contributed by atoms with Crippen molar-refractivity contribution in [1.82, 2.24) is 0 Å². The van der Waals surface area contributed by atoms with E-state index in [1.54, 1.807) is 0 Å². The normalized spacial score (nSPS) is 13.1. The zero-order valence-electron chi connectivity index (χ0n) is 12.0. The van der Waals surface area contributed by atoms with Crippen molar-refractivity contribution < 1.29 is 4.12 Å². The molecule has 0 aromatic carbocycles. The fourth-order valence-electron chi connectivity index (χ4n) is 2.18. The van der Waals surface area contributed by atoms with Gasteiger partial charge in [-0.05, 0) is 62.6 Å². The van der Waals surface area contributed by atoms with Crippen molar-refractivity contribution in [2.45, 2.75) is 64.0 Å². The van der Waals surface area contributed by atoms with Gasteiger partial charge in [0.05, 0.1) is 0 Å². The second-order valence-electron chi connectivity index (χ2n) is 5.98. The summed E-state index contributed by atoms with van der Waals surface area (Å²) in [6.07, 6.45) is 5.02. The first-order chi connectivity index (χ1) is 7.83. The molecule has 0 unspecified atom stereocenters. The second kappa shape index (κ2) is 9.07. The summed E-state index contributed by atoms with van der Waals surface area (Å²) in [6, 6.07) is 2.58. The highest BCUT2D eigenvalue weighted by molar-refractivity contribution is 7.80. The van der Waals surface area contributed by atoms with Crippen molar-refractivity contribution in [2.24, 2.45) is 0 Å². The molecule has 0 amide bonds. The van der Waals surface area contributed by atoms with Crippen molar-refractivity contribution in [1.29, 1.82) is 0 Å². The molecule has 0 aromatic rings. The zero-order valence-corrected chi connectivity index (χ0v) is 15.7.